The minimum absolute atomic E-state index is 0. The second-order valence-electron chi connectivity index (χ2n) is 9.77. The smallest absolute Gasteiger partial charge is 0.266 e. The van der Waals surface area contributed by atoms with E-state index in [0.29, 0.717) is 35.0 Å². The molecule has 2 aromatic carbocycles. The number of benzene rings is 2. The fraction of sp³-hybridized carbons (Fsp3) is 0.367. The number of fused-ring (bicyclic) bond motifs is 1. The van der Waals surface area contributed by atoms with E-state index >= 15 is 0 Å². The third-order valence-electron chi connectivity index (χ3n) is 7.45. The quantitative estimate of drug-likeness (QED) is 0.198. The van der Waals surface area contributed by atoms with Gasteiger partial charge in [0.15, 0.2) is 0 Å². The molecule has 0 radical (unpaired) electrons. The lowest BCUT2D eigenvalue weighted by Gasteiger charge is -2.37. The average molecular weight is 637 g/mol. The van der Waals surface area contributed by atoms with Crippen molar-refractivity contribution in [3.63, 3.8) is 0 Å². The molecule has 1 amide bonds. The van der Waals surface area contributed by atoms with Crippen molar-refractivity contribution >= 4 is 69.7 Å². The molecule has 1 saturated carbocycles. The summed E-state index contributed by atoms with van der Waals surface area (Å²) in [6.07, 6.45) is 7.52. The van der Waals surface area contributed by atoms with E-state index in [9.17, 15) is 4.79 Å². The van der Waals surface area contributed by atoms with Crippen LogP contribution in [-0.4, -0.2) is 53.6 Å². The molecule has 0 saturated heterocycles. The van der Waals surface area contributed by atoms with Crippen LogP contribution in [0.3, 0.4) is 0 Å². The van der Waals surface area contributed by atoms with Crippen LogP contribution in [-0.2, 0) is 6.54 Å². The largest absolute Gasteiger partial charge is 0.494 e. The molecule has 0 bridgehead atoms. The molecular weight excluding hydrogens is 601 g/mol. The number of anilines is 1. The highest BCUT2D eigenvalue weighted by molar-refractivity contribution is 7.21. The predicted molar refractivity (Wildman–Crippen MR) is 174 cm³/mol. The fourth-order valence-electron chi connectivity index (χ4n) is 5.29. The van der Waals surface area contributed by atoms with Crippen molar-refractivity contribution in [2.24, 2.45) is 0 Å². The molecule has 4 aromatic rings. The highest BCUT2D eigenvalue weighted by Crippen LogP contribution is 2.38. The van der Waals surface area contributed by atoms with E-state index in [1.54, 1.807) is 19.4 Å². The van der Waals surface area contributed by atoms with Crippen molar-refractivity contribution in [2.45, 2.75) is 51.2 Å². The van der Waals surface area contributed by atoms with Crippen LogP contribution in [0.15, 0.2) is 54.9 Å². The van der Waals surface area contributed by atoms with E-state index in [2.05, 4.69) is 26.7 Å². The zero-order valence-corrected chi connectivity index (χ0v) is 26.6. The summed E-state index contributed by atoms with van der Waals surface area (Å²) in [5.74, 6) is 1.32. The van der Waals surface area contributed by atoms with Gasteiger partial charge in [-0.2, -0.15) is 0 Å². The SMILES string of the molecule is CCOc1ccc(-c2cnc(NC)nc2)cc1CN(C(=O)c1sc2ccccc2c1Cl)C1CCC(NC)CC1.Cl.Cl. The number of carbonyl (C=O) groups is 1. The topological polar surface area (TPSA) is 79.4 Å². The molecule has 2 aromatic heterocycles. The van der Waals surface area contributed by atoms with Gasteiger partial charge in [-0.15, -0.1) is 36.2 Å². The molecule has 41 heavy (non-hydrogen) atoms. The molecule has 5 rings (SSSR count). The van der Waals surface area contributed by atoms with Crippen LogP contribution >= 0.6 is 47.8 Å². The Bertz CT molecular complexity index is 1440. The van der Waals surface area contributed by atoms with Gasteiger partial charge in [0.1, 0.15) is 10.6 Å². The second-order valence-corrected chi connectivity index (χ2v) is 11.2. The molecule has 0 unspecified atom stereocenters. The van der Waals surface area contributed by atoms with Crippen LogP contribution in [0.2, 0.25) is 5.02 Å². The summed E-state index contributed by atoms with van der Waals surface area (Å²) in [7, 11) is 3.81. The molecular formula is C30H36Cl3N5O2S. The van der Waals surface area contributed by atoms with Crippen LogP contribution in [0.25, 0.3) is 21.2 Å². The first-order chi connectivity index (χ1) is 19.0. The Hall–Kier alpha value is -2.62. The second kappa shape index (κ2) is 15.0. The molecule has 2 heterocycles. The van der Waals surface area contributed by atoms with Gasteiger partial charge in [0, 0.05) is 59.3 Å². The number of thiophene rings is 1. The van der Waals surface area contributed by atoms with E-state index in [4.69, 9.17) is 16.3 Å². The van der Waals surface area contributed by atoms with E-state index in [1.165, 1.54) is 11.3 Å². The van der Waals surface area contributed by atoms with Gasteiger partial charge in [-0.3, -0.25) is 4.79 Å². The molecule has 0 aliphatic heterocycles. The summed E-state index contributed by atoms with van der Waals surface area (Å²) < 4.78 is 7.05. The van der Waals surface area contributed by atoms with Crippen LogP contribution in [0.1, 0.15) is 47.8 Å². The van der Waals surface area contributed by atoms with E-state index in [0.717, 1.165) is 58.2 Å². The summed E-state index contributed by atoms with van der Waals surface area (Å²) in [5.41, 5.74) is 2.83. The minimum atomic E-state index is -0.0244. The van der Waals surface area contributed by atoms with Gasteiger partial charge in [0.2, 0.25) is 5.95 Å². The van der Waals surface area contributed by atoms with Gasteiger partial charge in [-0.05, 0) is 63.4 Å². The molecule has 1 aliphatic carbocycles. The van der Waals surface area contributed by atoms with Crippen molar-refractivity contribution < 1.29 is 9.53 Å². The van der Waals surface area contributed by atoms with Crippen LogP contribution < -0.4 is 15.4 Å². The summed E-state index contributed by atoms with van der Waals surface area (Å²) >= 11 is 8.27. The maximum Gasteiger partial charge on any atom is 0.266 e. The maximum absolute atomic E-state index is 14.3. The number of nitrogens with one attached hydrogen (secondary N) is 2. The molecule has 1 fully saturated rings. The number of hydrogen-bond donors (Lipinski definition) is 2. The first kappa shape index (κ1) is 32.9. The molecule has 0 spiro atoms. The van der Waals surface area contributed by atoms with Gasteiger partial charge >= 0.3 is 0 Å². The molecule has 11 heteroatoms. The monoisotopic (exact) mass is 635 g/mol. The van der Waals surface area contributed by atoms with Gasteiger partial charge < -0.3 is 20.3 Å². The lowest BCUT2D eigenvalue weighted by Crippen LogP contribution is -2.44. The number of hydrogen-bond acceptors (Lipinski definition) is 7. The normalized spacial score (nSPS) is 16.4. The Morgan fingerprint density at radius 1 is 1.05 bits per heavy atom. The third-order valence-corrected chi connectivity index (χ3v) is 9.11. The Morgan fingerprint density at radius 3 is 2.39 bits per heavy atom. The minimum Gasteiger partial charge on any atom is -0.494 e. The first-order valence-electron chi connectivity index (χ1n) is 13.4. The van der Waals surface area contributed by atoms with Crippen molar-refractivity contribution in [1.82, 2.24) is 20.2 Å². The van der Waals surface area contributed by atoms with Gasteiger partial charge in [-0.1, -0.05) is 35.9 Å². The summed E-state index contributed by atoms with van der Waals surface area (Å²) in [4.78, 5) is 25.6. The molecule has 2 N–H and O–H groups in total. The Balaban J connectivity index is 0.00000231. The number of nitrogens with zero attached hydrogens (tertiary/aromatic N) is 3. The summed E-state index contributed by atoms with van der Waals surface area (Å²) in [6, 6.07) is 14.6. The molecule has 220 valence electrons. The van der Waals surface area contributed by atoms with Crippen LogP contribution in [0.4, 0.5) is 5.95 Å². The lowest BCUT2D eigenvalue weighted by molar-refractivity contribution is 0.0604. The van der Waals surface area contributed by atoms with Gasteiger partial charge in [0.25, 0.3) is 5.91 Å². The number of ether oxygens (including phenoxy) is 1. The number of halogens is 3. The third kappa shape index (κ3) is 7.24. The van der Waals surface area contributed by atoms with Crippen molar-refractivity contribution in [3.05, 3.63) is 70.3 Å². The zero-order valence-electron chi connectivity index (χ0n) is 23.4. The molecule has 1 aliphatic rings. The standard InChI is InChI=1S/C30H34ClN5O2S.2ClH/c1-4-38-25-14-9-19(21-16-34-30(33-3)35-17-21)15-20(25)18-36(23-12-10-22(32-2)11-13-23)29(37)28-27(31)24-7-5-6-8-26(24)39-28;;/h5-9,14-17,22-23,32H,4,10-13,18H2,1-3H3,(H,33,34,35);2*1H. The molecule has 0 atom stereocenters. The maximum atomic E-state index is 14.3. The zero-order chi connectivity index (χ0) is 27.4. The van der Waals surface area contributed by atoms with E-state index in [1.807, 2.05) is 55.3 Å². The van der Waals surface area contributed by atoms with Crippen molar-refractivity contribution in [3.8, 4) is 16.9 Å². The fourth-order valence-corrected chi connectivity index (χ4v) is 6.76. The highest BCUT2D eigenvalue weighted by Gasteiger charge is 2.32. The lowest BCUT2D eigenvalue weighted by atomic mass is 9.89. The Kier molecular flexibility index (Phi) is 12.1. The van der Waals surface area contributed by atoms with Gasteiger partial charge in [-0.25, -0.2) is 9.97 Å². The summed E-state index contributed by atoms with van der Waals surface area (Å²) in [6.45, 7) is 2.94. The van der Waals surface area contributed by atoms with Crippen molar-refractivity contribution in [2.75, 3.05) is 26.0 Å². The van der Waals surface area contributed by atoms with Crippen molar-refractivity contribution in [1.29, 1.82) is 0 Å². The Morgan fingerprint density at radius 2 is 1.76 bits per heavy atom. The Labute approximate surface area is 262 Å². The number of carbonyl (C=O) groups excluding carboxylic acids is 1. The number of aromatic nitrogens is 2. The highest BCUT2D eigenvalue weighted by atomic mass is 35.5. The van der Waals surface area contributed by atoms with Crippen LogP contribution in [0, 0.1) is 0 Å². The predicted octanol–water partition coefficient (Wildman–Crippen LogP) is 7.47. The average Bonchev–Trinajstić information content (AvgIpc) is 3.33. The van der Waals surface area contributed by atoms with Gasteiger partial charge in [0.05, 0.1) is 11.6 Å². The number of rotatable bonds is 9. The van der Waals surface area contributed by atoms with E-state index < -0.39 is 0 Å². The first-order valence-corrected chi connectivity index (χ1v) is 14.6. The van der Waals surface area contributed by atoms with Crippen LogP contribution in [0.5, 0.6) is 5.75 Å². The summed E-state index contributed by atoms with van der Waals surface area (Å²) in [5, 5.41) is 7.82. The number of amides is 1. The molecule has 7 nitrogen and oxygen atoms in total. The van der Waals surface area contributed by atoms with E-state index in [-0.39, 0.29) is 36.8 Å².